The molecule has 2 aromatic carbocycles. The summed E-state index contributed by atoms with van der Waals surface area (Å²) in [7, 11) is -0.670. The van der Waals surface area contributed by atoms with Crippen LogP contribution < -0.4 is 5.32 Å². The molecule has 1 unspecified atom stereocenters. The first-order valence-corrected chi connectivity index (χ1v) is 10.8. The standard InChI is InChI=1S/C21H25N3O4S/c1-23(2)29(27,28)19-11-7-6-10-17(19)13-22-21(26)18-12-20(25)24(15-18)14-16-8-4-3-5-9-16/h3-11,18H,12-15H2,1-2H3,(H,22,26). The molecule has 1 aliphatic rings. The molecule has 0 spiro atoms. The maximum absolute atomic E-state index is 12.6. The quantitative estimate of drug-likeness (QED) is 0.744. The van der Waals surface area contributed by atoms with Gasteiger partial charge in [0.15, 0.2) is 0 Å². The van der Waals surface area contributed by atoms with E-state index in [0.717, 1.165) is 9.87 Å². The van der Waals surface area contributed by atoms with Crippen molar-refractivity contribution in [3.63, 3.8) is 0 Å². The van der Waals surface area contributed by atoms with Gasteiger partial charge in [0.05, 0.1) is 10.8 Å². The van der Waals surface area contributed by atoms with Crippen molar-refractivity contribution in [2.24, 2.45) is 5.92 Å². The van der Waals surface area contributed by atoms with Crippen molar-refractivity contribution in [3.8, 4) is 0 Å². The van der Waals surface area contributed by atoms with Crippen LogP contribution in [-0.4, -0.2) is 50.1 Å². The zero-order valence-electron chi connectivity index (χ0n) is 16.5. The van der Waals surface area contributed by atoms with Crippen LogP contribution in [0.3, 0.4) is 0 Å². The topological polar surface area (TPSA) is 86.8 Å². The van der Waals surface area contributed by atoms with Gasteiger partial charge in [0.1, 0.15) is 0 Å². The summed E-state index contributed by atoms with van der Waals surface area (Å²) in [6.45, 7) is 0.927. The number of rotatable bonds is 7. The summed E-state index contributed by atoms with van der Waals surface area (Å²) in [4.78, 5) is 26.7. The second-order valence-electron chi connectivity index (χ2n) is 7.27. The number of nitrogens with one attached hydrogen (secondary N) is 1. The van der Waals surface area contributed by atoms with Gasteiger partial charge in [0.25, 0.3) is 0 Å². The molecule has 3 rings (SSSR count). The molecule has 1 saturated heterocycles. The maximum Gasteiger partial charge on any atom is 0.242 e. The number of carbonyl (C=O) groups is 2. The molecule has 2 aromatic rings. The largest absolute Gasteiger partial charge is 0.352 e. The highest BCUT2D eigenvalue weighted by Gasteiger charge is 2.34. The van der Waals surface area contributed by atoms with Crippen LogP contribution in [0.2, 0.25) is 0 Å². The molecule has 0 aliphatic carbocycles. The second-order valence-corrected chi connectivity index (χ2v) is 9.39. The van der Waals surface area contributed by atoms with Gasteiger partial charge in [-0.2, -0.15) is 0 Å². The third-order valence-electron chi connectivity index (χ3n) is 4.99. The second kappa shape index (κ2) is 8.75. The normalized spacial score (nSPS) is 17.0. The van der Waals surface area contributed by atoms with E-state index in [4.69, 9.17) is 0 Å². The number of amides is 2. The third kappa shape index (κ3) is 4.83. The smallest absolute Gasteiger partial charge is 0.242 e. The Morgan fingerprint density at radius 3 is 2.45 bits per heavy atom. The minimum Gasteiger partial charge on any atom is -0.352 e. The van der Waals surface area contributed by atoms with Gasteiger partial charge in [-0.1, -0.05) is 48.5 Å². The zero-order valence-corrected chi connectivity index (χ0v) is 17.4. The maximum atomic E-state index is 12.6. The fourth-order valence-corrected chi connectivity index (χ4v) is 4.44. The Labute approximate surface area is 171 Å². The van der Waals surface area contributed by atoms with Crippen LogP contribution in [0.5, 0.6) is 0 Å². The van der Waals surface area contributed by atoms with Crippen LogP contribution in [0.1, 0.15) is 17.5 Å². The summed E-state index contributed by atoms with van der Waals surface area (Å²) in [5.41, 5.74) is 1.53. The van der Waals surface area contributed by atoms with Gasteiger partial charge >= 0.3 is 0 Å². The van der Waals surface area contributed by atoms with E-state index in [2.05, 4.69) is 5.32 Å². The zero-order chi connectivity index (χ0) is 21.0. The van der Waals surface area contributed by atoms with Crippen LogP contribution >= 0.6 is 0 Å². The van der Waals surface area contributed by atoms with Gasteiger partial charge in [0.2, 0.25) is 21.8 Å². The van der Waals surface area contributed by atoms with Crippen molar-refractivity contribution >= 4 is 21.8 Å². The molecule has 0 saturated carbocycles. The van der Waals surface area contributed by atoms with Crippen LogP contribution in [0.25, 0.3) is 0 Å². The highest BCUT2D eigenvalue weighted by Crippen LogP contribution is 2.22. The molecule has 7 nitrogen and oxygen atoms in total. The van der Waals surface area contributed by atoms with E-state index in [9.17, 15) is 18.0 Å². The predicted octanol–water partition coefficient (Wildman–Crippen LogP) is 1.60. The Morgan fingerprint density at radius 2 is 1.76 bits per heavy atom. The first kappa shape index (κ1) is 21.0. The van der Waals surface area contributed by atoms with Gasteiger partial charge in [-0.25, -0.2) is 12.7 Å². The molecular weight excluding hydrogens is 390 g/mol. The Kier molecular flexibility index (Phi) is 6.34. The SMILES string of the molecule is CN(C)S(=O)(=O)c1ccccc1CNC(=O)C1CC(=O)N(Cc2ccccc2)C1. The minimum atomic E-state index is -3.61. The lowest BCUT2D eigenvalue weighted by molar-refractivity contribution is -0.129. The van der Waals surface area contributed by atoms with Crippen LogP contribution in [-0.2, 0) is 32.7 Å². The van der Waals surface area contributed by atoms with E-state index in [1.54, 1.807) is 23.1 Å². The summed E-state index contributed by atoms with van der Waals surface area (Å²) in [5.74, 6) is -0.737. The summed E-state index contributed by atoms with van der Waals surface area (Å²) in [6, 6.07) is 16.2. The Balaban J connectivity index is 1.63. The molecule has 154 valence electrons. The average molecular weight is 416 g/mol. The van der Waals surface area contributed by atoms with Crippen molar-refractivity contribution < 1.29 is 18.0 Å². The first-order chi connectivity index (χ1) is 13.8. The lowest BCUT2D eigenvalue weighted by Gasteiger charge is -2.17. The van der Waals surface area contributed by atoms with Gasteiger partial charge in [-0.3, -0.25) is 9.59 Å². The number of carbonyl (C=O) groups excluding carboxylic acids is 2. The van der Waals surface area contributed by atoms with E-state index in [1.807, 2.05) is 30.3 Å². The molecule has 0 aromatic heterocycles. The number of hydrogen-bond acceptors (Lipinski definition) is 4. The van der Waals surface area contributed by atoms with Gasteiger partial charge < -0.3 is 10.2 Å². The lowest BCUT2D eigenvalue weighted by atomic mass is 10.1. The van der Waals surface area contributed by atoms with Crippen LogP contribution in [0.4, 0.5) is 0 Å². The number of nitrogens with zero attached hydrogens (tertiary/aromatic N) is 2. The summed E-state index contributed by atoms with van der Waals surface area (Å²) >= 11 is 0. The van der Waals surface area contributed by atoms with Gasteiger partial charge in [-0.05, 0) is 17.2 Å². The van der Waals surface area contributed by atoms with E-state index < -0.39 is 15.9 Å². The van der Waals surface area contributed by atoms with Crippen molar-refractivity contribution in [1.82, 2.24) is 14.5 Å². The number of likely N-dealkylation sites (tertiary alicyclic amines) is 1. The predicted molar refractivity (Wildman–Crippen MR) is 109 cm³/mol. The number of benzene rings is 2. The molecule has 29 heavy (non-hydrogen) atoms. The Bertz CT molecular complexity index is 990. The van der Waals surface area contributed by atoms with E-state index >= 15 is 0 Å². The third-order valence-corrected chi connectivity index (χ3v) is 6.90. The van der Waals surface area contributed by atoms with Crippen molar-refractivity contribution in [3.05, 3.63) is 65.7 Å². The Morgan fingerprint density at radius 1 is 1.10 bits per heavy atom. The van der Waals surface area contributed by atoms with Crippen molar-refractivity contribution in [1.29, 1.82) is 0 Å². The summed E-state index contributed by atoms with van der Waals surface area (Å²) in [5, 5.41) is 2.80. The van der Waals surface area contributed by atoms with Gasteiger partial charge in [0, 0.05) is 40.2 Å². The molecule has 1 heterocycles. The molecule has 1 fully saturated rings. The van der Waals surface area contributed by atoms with E-state index in [1.165, 1.54) is 20.2 Å². The molecule has 1 aliphatic heterocycles. The van der Waals surface area contributed by atoms with Crippen LogP contribution in [0.15, 0.2) is 59.5 Å². The molecular formula is C21H25N3O4S. The molecule has 0 radical (unpaired) electrons. The highest BCUT2D eigenvalue weighted by atomic mass is 32.2. The molecule has 2 amide bonds. The fraction of sp³-hybridized carbons (Fsp3) is 0.333. The highest BCUT2D eigenvalue weighted by molar-refractivity contribution is 7.89. The van der Waals surface area contributed by atoms with Crippen molar-refractivity contribution in [2.75, 3.05) is 20.6 Å². The minimum absolute atomic E-state index is 0.0513. The monoisotopic (exact) mass is 415 g/mol. The first-order valence-electron chi connectivity index (χ1n) is 9.39. The molecule has 8 heteroatoms. The van der Waals surface area contributed by atoms with Crippen LogP contribution in [0, 0.1) is 5.92 Å². The van der Waals surface area contributed by atoms with E-state index in [0.29, 0.717) is 18.7 Å². The summed E-state index contributed by atoms with van der Waals surface area (Å²) in [6.07, 6.45) is 0.163. The lowest BCUT2D eigenvalue weighted by Crippen LogP contribution is -2.33. The average Bonchev–Trinajstić information content (AvgIpc) is 3.07. The molecule has 0 bridgehead atoms. The molecule has 1 atom stereocenters. The van der Waals surface area contributed by atoms with Gasteiger partial charge in [-0.15, -0.1) is 0 Å². The fourth-order valence-electron chi connectivity index (χ4n) is 3.33. The van der Waals surface area contributed by atoms with Crippen molar-refractivity contribution in [2.45, 2.75) is 24.4 Å². The Hall–Kier alpha value is -2.71. The number of hydrogen-bond donors (Lipinski definition) is 1. The molecule has 1 N–H and O–H groups in total. The summed E-state index contributed by atoms with van der Waals surface area (Å²) < 4.78 is 26.1. The number of sulfonamides is 1. The van der Waals surface area contributed by atoms with E-state index in [-0.39, 0.29) is 29.7 Å².